The third kappa shape index (κ3) is 2.81. The van der Waals surface area contributed by atoms with Crippen molar-refractivity contribution in [2.45, 2.75) is 19.0 Å². The van der Waals surface area contributed by atoms with Gasteiger partial charge in [0.2, 0.25) is 0 Å². The van der Waals surface area contributed by atoms with Crippen molar-refractivity contribution in [2.24, 2.45) is 0 Å². The first-order valence-electron chi connectivity index (χ1n) is 6.92. The van der Waals surface area contributed by atoms with Crippen molar-refractivity contribution in [1.82, 2.24) is 5.32 Å². The molecule has 0 saturated carbocycles. The van der Waals surface area contributed by atoms with Gasteiger partial charge in [-0.15, -0.1) is 0 Å². The first kappa shape index (κ1) is 12.7. The second kappa shape index (κ2) is 5.77. The van der Waals surface area contributed by atoms with Crippen LogP contribution >= 0.6 is 0 Å². The number of rotatable bonds is 2. The van der Waals surface area contributed by atoms with Crippen LogP contribution in [0.1, 0.15) is 16.7 Å². The maximum Gasteiger partial charge on any atom is 0.308 e. The highest BCUT2D eigenvalue weighted by Crippen LogP contribution is 2.20. The summed E-state index contributed by atoms with van der Waals surface area (Å²) < 4.78 is 0. The summed E-state index contributed by atoms with van der Waals surface area (Å²) in [6.07, 6.45) is 1.02. The first-order valence-corrected chi connectivity index (χ1v) is 6.92. The standard InChI is InChI=1S/C17H17N3/c18-10-14-6-7-17-15(8-14)11-19-16(12-20-17)9-13-4-2-1-3-5-13/h1-8,16,19-20H,9,11-12H2/p+1/t16-/m1/s1. The molecule has 1 aliphatic rings. The second-order valence-corrected chi connectivity index (χ2v) is 5.15. The van der Waals surface area contributed by atoms with Crippen molar-refractivity contribution < 1.29 is 5.26 Å². The summed E-state index contributed by atoms with van der Waals surface area (Å²) >= 11 is 0. The molecule has 3 rings (SSSR count). The Kier molecular flexibility index (Phi) is 3.67. The van der Waals surface area contributed by atoms with Crippen molar-refractivity contribution in [3.05, 3.63) is 65.2 Å². The van der Waals surface area contributed by atoms with Crippen LogP contribution in [0.5, 0.6) is 0 Å². The summed E-state index contributed by atoms with van der Waals surface area (Å²) in [5.41, 5.74) is 4.55. The summed E-state index contributed by atoms with van der Waals surface area (Å²) in [4.78, 5) is 0. The third-order valence-corrected chi connectivity index (χ3v) is 3.69. The molecule has 3 heteroatoms. The topological polar surface area (TPSA) is 47.9 Å². The van der Waals surface area contributed by atoms with Crippen molar-refractivity contribution in [2.75, 3.05) is 11.9 Å². The number of benzene rings is 2. The van der Waals surface area contributed by atoms with Crippen LogP contribution in [0.15, 0.2) is 48.5 Å². The summed E-state index contributed by atoms with van der Waals surface area (Å²) in [5, 5.41) is 14.3. The average molecular weight is 264 g/mol. The van der Waals surface area contributed by atoms with E-state index in [9.17, 15) is 0 Å². The number of fused-ring (bicyclic) bond motifs is 1. The van der Waals surface area contributed by atoms with E-state index in [0.717, 1.165) is 30.8 Å². The monoisotopic (exact) mass is 264 g/mol. The highest BCUT2D eigenvalue weighted by atomic mass is 15.0. The van der Waals surface area contributed by atoms with E-state index in [1.165, 1.54) is 11.1 Å². The van der Waals surface area contributed by atoms with E-state index in [4.69, 9.17) is 5.26 Å². The van der Waals surface area contributed by atoms with Gasteiger partial charge in [0.05, 0.1) is 0 Å². The van der Waals surface area contributed by atoms with Crippen molar-refractivity contribution in [3.63, 3.8) is 0 Å². The van der Waals surface area contributed by atoms with E-state index in [1.54, 1.807) is 0 Å². The van der Waals surface area contributed by atoms with Gasteiger partial charge in [0.25, 0.3) is 0 Å². The highest BCUT2D eigenvalue weighted by Gasteiger charge is 2.15. The number of anilines is 1. The Hall–Kier alpha value is -2.31. The predicted molar refractivity (Wildman–Crippen MR) is 79.7 cm³/mol. The molecule has 100 valence electrons. The molecule has 0 saturated heterocycles. The van der Waals surface area contributed by atoms with Crippen LogP contribution in [0.25, 0.3) is 0 Å². The minimum Gasteiger partial charge on any atom is -0.383 e. The lowest BCUT2D eigenvalue weighted by atomic mass is 10.1. The van der Waals surface area contributed by atoms with Gasteiger partial charge in [-0.1, -0.05) is 35.6 Å². The van der Waals surface area contributed by atoms with Crippen LogP contribution in [-0.4, -0.2) is 12.6 Å². The molecular formula is C17H18N3+. The maximum absolute atomic E-state index is 7.21. The lowest BCUT2D eigenvalue weighted by Gasteiger charge is -2.15. The number of nitrogens with one attached hydrogen (secondary N) is 3. The van der Waals surface area contributed by atoms with Gasteiger partial charge in [0, 0.05) is 24.8 Å². The largest absolute Gasteiger partial charge is 0.383 e. The third-order valence-electron chi connectivity index (χ3n) is 3.69. The van der Waals surface area contributed by atoms with E-state index in [-0.39, 0.29) is 0 Å². The van der Waals surface area contributed by atoms with Gasteiger partial charge in [-0.05, 0) is 35.7 Å². The zero-order valence-corrected chi connectivity index (χ0v) is 11.3. The molecule has 2 aromatic carbocycles. The molecule has 0 bridgehead atoms. The van der Waals surface area contributed by atoms with Gasteiger partial charge in [-0.3, -0.25) is 0 Å². The van der Waals surface area contributed by atoms with Crippen LogP contribution in [0.4, 0.5) is 5.69 Å². The Bertz CT molecular complexity index is 628. The van der Waals surface area contributed by atoms with Crippen LogP contribution < -0.4 is 15.9 Å². The Morgan fingerprint density at radius 1 is 1.15 bits per heavy atom. The fourth-order valence-electron chi connectivity index (χ4n) is 2.59. The molecule has 20 heavy (non-hydrogen) atoms. The van der Waals surface area contributed by atoms with Crippen molar-refractivity contribution in [1.29, 1.82) is 0 Å². The van der Waals surface area contributed by atoms with Crippen LogP contribution in [-0.2, 0) is 13.0 Å². The van der Waals surface area contributed by atoms with Crippen LogP contribution in [0, 0.1) is 6.07 Å². The number of hydrogen-bond acceptors (Lipinski definition) is 2. The molecule has 0 radical (unpaired) electrons. The van der Waals surface area contributed by atoms with E-state index in [1.807, 2.05) is 24.3 Å². The van der Waals surface area contributed by atoms with E-state index >= 15 is 0 Å². The van der Waals surface area contributed by atoms with Crippen LogP contribution in [0.3, 0.4) is 0 Å². The normalized spacial score (nSPS) is 17.4. The molecule has 3 N–H and O–H groups in total. The quantitative estimate of drug-likeness (QED) is 0.756. The molecule has 0 spiro atoms. The Morgan fingerprint density at radius 2 is 2.00 bits per heavy atom. The van der Waals surface area contributed by atoms with Gasteiger partial charge >= 0.3 is 6.07 Å². The van der Waals surface area contributed by atoms with Crippen molar-refractivity contribution >= 4 is 5.69 Å². The summed E-state index contributed by atoms with van der Waals surface area (Å²) in [7, 11) is 0. The molecule has 0 amide bonds. The smallest absolute Gasteiger partial charge is 0.308 e. The molecule has 0 unspecified atom stereocenters. The fourth-order valence-corrected chi connectivity index (χ4v) is 2.59. The Labute approximate surface area is 119 Å². The molecule has 0 aliphatic carbocycles. The zero-order valence-electron chi connectivity index (χ0n) is 11.3. The zero-order chi connectivity index (χ0) is 13.8. The van der Waals surface area contributed by atoms with Gasteiger partial charge in [-0.25, -0.2) is 0 Å². The molecule has 3 nitrogen and oxygen atoms in total. The van der Waals surface area contributed by atoms with Gasteiger partial charge < -0.3 is 10.6 Å². The molecule has 0 aromatic heterocycles. The first-order chi connectivity index (χ1) is 9.85. The fraction of sp³-hybridized carbons (Fsp3) is 0.235. The van der Waals surface area contributed by atoms with Gasteiger partial charge in [0.1, 0.15) is 5.56 Å². The lowest BCUT2D eigenvalue weighted by molar-refractivity contribution is -0.0909. The highest BCUT2D eigenvalue weighted by molar-refractivity contribution is 5.55. The predicted octanol–water partition coefficient (Wildman–Crippen LogP) is 0.934. The molecule has 0 fully saturated rings. The van der Waals surface area contributed by atoms with E-state index in [2.05, 4.69) is 41.0 Å². The Morgan fingerprint density at radius 3 is 2.80 bits per heavy atom. The summed E-state index contributed by atoms with van der Waals surface area (Å²) in [5.74, 6) is 0. The molecule has 2 aromatic rings. The van der Waals surface area contributed by atoms with E-state index in [0.29, 0.717) is 6.04 Å². The Balaban J connectivity index is 1.71. The molecule has 1 atom stereocenters. The molecule has 1 heterocycles. The SMILES string of the molecule is [NH+]#Cc1ccc2c(c1)CN[C@H](Cc1ccccc1)CN2. The van der Waals surface area contributed by atoms with Crippen molar-refractivity contribution in [3.8, 4) is 6.07 Å². The summed E-state index contributed by atoms with van der Waals surface area (Å²) in [6, 6.07) is 19.4. The molecule has 1 aliphatic heterocycles. The lowest BCUT2D eigenvalue weighted by Crippen LogP contribution is -2.34. The van der Waals surface area contributed by atoms with Gasteiger partial charge in [-0.2, -0.15) is 0 Å². The maximum atomic E-state index is 7.21. The van der Waals surface area contributed by atoms with E-state index < -0.39 is 0 Å². The second-order valence-electron chi connectivity index (χ2n) is 5.15. The van der Waals surface area contributed by atoms with Gasteiger partial charge in [0.15, 0.2) is 0 Å². The number of hydrogen-bond donors (Lipinski definition) is 3. The average Bonchev–Trinajstić information content (AvgIpc) is 2.70. The minimum absolute atomic E-state index is 0.414. The molecular weight excluding hydrogens is 246 g/mol. The minimum atomic E-state index is 0.414. The summed E-state index contributed by atoms with van der Waals surface area (Å²) in [6.45, 7) is 1.74. The van der Waals surface area contributed by atoms with Crippen LogP contribution in [0.2, 0.25) is 0 Å².